The van der Waals surface area contributed by atoms with Gasteiger partial charge < -0.3 is 9.47 Å². The molecule has 3 aromatic heterocycles. The molecular weight excluding hydrogens is 348 g/mol. The summed E-state index contributed by atoms with van der Waals surface area (Å²) in [6.45, 7) is 0.317. The van der Waals surface area contributed by atoms with Crippen molar-refractivity contribution < 1.29 is 10.8 Å². The SMILES string of the molecule is [2H]c1nn(-c2ccsc2)c2c1COc1cc(OC)c(-c3ccn(C)n3)cc1-2. The van der Waals surface area contributed by atoms with Crippen LogP contribution in [0, 0.1) is 0 Å². The van der Waals surface area contributed by atoms with E-state index in [0.29, 0.717) is 12.4 Å². The second-order valence-corrected chi connectivity index (χ2v) is 6.82. The molecule has 0 saturated heterocycles. The molecule has 0 fully saturated rings. The van der Waals surface area contributed by atoms with Gasteiger partial charge in [0.15, 0.2) is 0 Å². The van der Waals surface area contributed by atoms with Crippen LogP contribution in [-0.2, 0) is 13.7 Å². The van der Waals surface area contributed by atoms with Gasteiger partial charge in [0.2, 0.25) is 0 Å². The van der Waals surface area contributed by atoms with Crippen LogP contribution in [-0.4, -0.2) is 26.7 Å². The number of aryl methyl sites for hydroxylation is 1. The molecule has 0 radical (unpaired) electrons. The smallest absolute Gasteiger partial charge is 0.132 e. The number of fused-ring (bicyclic) bond motifs is 3. The third-order valence-corrected chi connectivity index (χ3v) is 5.12. The van der Waals surface area contributed by atoms with Gasteiger partial charge in [0.25, 0.3) is 0 Å². The number of methoxy groups -OCH3 is 1. The predicted octanol–water partition coefficient (Wildman–Crippen LogP) is 3.90. The van der Waals surface area contributed by atoms with Crippen molar-refractivity contribution in [3.05, 3.63) is 53.0 Å². The van der Waals surface area contributed by atoms with Crippen molar-refractivity contribution in [2.24, 2.45) is 7.05 Å². The highest BCUT2D eigenvalue weighted by Gasteiger charge is 2.26. The van der Waals surface area contributed by atoms with Crippen molar-refractivity contribution in [2.45, 2.75) is 6.61 Å². The van der Waals surface area contributed by atoms with E-state index >= 15 is 0 Å². The van der Waals surface area contributed by atoms with Crippen molar-refractivity contribution in [3.8, 4) is 39.7 Å². The summed E-state index contributed by atoms with van der Waals surface area (Å²) in [6, 6.07) is 7.84. The van der Waals surface area contributed by atoms with Crippen molar-refractivity contribution in [1.29, 1.82) is 0 Å². The van der Waals surface area contributed by atoms with Crippen LogP contribution in [0.15, 0.2) is 47.4 Å². The second-order valence-electron chi connectivity index (χ2n) is 6.04. The normalized spacial score (nSPS) is 12.9. The maximum absolute atomic E-state index is 8.26. The van der Waals surface area contributed by atoms with Gasteiger partial charge in [-0.15, -0.1) is 0 Å². The van der Waals surface area contributed by atoms with Crippen LogP contribution in [0.2, 0.25) is 0 Å². The molecule has 7 heteroatoms. The number of hydrogen-bond acceptors (Lipinski definition) is 5. The molecule has 0 atom stereocenters. The largest absolute Gasteiger partial charge is 0.496 e. The molecule has 1 aliphatic rings. The zero-order valence-electron chi connectivity index (χ0n) is 15.3. The minimum absolute atomic E-state index is 0.233. The first-order valence-corrected chi connectivity index (χ1v) is 9.06. The molecule has 5 rings (SSSR count). The average Bonchev–Trinajstić information content (AvgIpc) is 3.41. The Morgan fingerprint density at radius 1 is 1.31 bits per heavy atom. The van der Waals surface area contributed by atoms with Crippen molar-refractivity contribution >= 4 is 11.3 Å². The van der Waals surface area contributed by atoms with E-state index in [2.05, 4.69) is 10.2 Å². The van der Waals surface area contributed by atoms with E-state index in [1.165, 1.54) is 0 Å². The number of benzene rings is 1. The number of nitrogens with zero attached hydrogens (tertiary/aromatic N) is 4. The first-order chi connectivity index (χ1) is 13.2. The van der Waals surface area contributed by atoms with Gasteiger partial charge in [-0.05, 0) is 23.6 Å². The van der Waals surface area contributed by atoms with Crippen molar-refractivity contribution in [2.75, 3.05) is 7.11 Å². The topological polar surface area (TPSA) is 54.1 Å². The third-order valence-electron chi connectivity index (χ3n) is 4.45. The van der Waals surface area contributed by atoms with E-state index in [4.69, 9.17) is 10.8 Å². The third kappa shape index (κ3) is 2.24. The van der Waals surface area contributed by atoms with Crippen molar-refractivity contribution in [1.82, 2.24) is 19.6 Å². The lowest BCUT2D eigenvalue weighted by molar-refractivity contribution is 0.299. The summed E-state index contributed by atoms with van der Waals surface area (Å²) in [5, 5.41) is 13.0. The molecule has 6 nitrogen and oxygen atoms in total. The Balaban J connectivity index is 1.77. The molecule has 26 heavy (non-hydrogen) atoms. The van der Waals surface area contributed by atoms with Gasteiger partial charge in [0, 0.05) is 41.4 Å². The summed E-state index contributed by atoms with van der Waals surface area (Å²) in [7, 11) is 3.52. The minimum atomic E-state index is 0.233. The first-order valence-electron chi connectivity index (χ1n) is 8.62. The molecule has 4 aromatic rings. The Hall–Kier alpha value is -3.06. The Bertz CT molecular complexity index is 1150. The fourth-order valence-electron chi connectivity index (χ4n) is 3.23. The summed E-state index contributed by atoms with van der Waals surface area (Å²) in [4.78, 5) is 0. The molecule has 0 saturated carbocycles. The Labute approximate surface area is 155 Å². The van der Waals surface area contributed by atoms with E-state index in [-0.39, 0.29) is 6.17 Å². The average molecular weight is 365 g/mol. The fourth-order valence-corrected chi connectivity index (χ4v) is 3.84. The quantitative estimate of drug-likeness (QED) is 0.552. The summed E-state index contributed by atoms with van der Waals surface area (Å²) < 4.78 is 23.4. The number of aromatic nitrogens is 4. The van der Waals surface area contributed by atoms with Crippen LogP contribution in [0.5, 0.6) is 11.5 Å². The molecule has 0 N–H and O–H groups in total. The van der Waals surface area contributed by atoms with E-state index < -0.39 is 0 Å². The lowest BCUT2D eigenvalue weighted by atomic mass is 9.99. The standard InChI is InChI=1S/C19H16N4O2S/c1-22-5-3-16(21-22)14-7-15-18(8-17(14)24-2)25-10-12-9-20-23(19(12)15)13-4-6-26-11-13/h3-9,11H,10H2,1-2H3/i9D. The molecule has 0 amide bonds. The molecule has 0 aliphatic carbocycles. The fraction of sp³-hybridized carbons (Fsp3) is 0.158. The summed E-state index contributed by atoms with van der Waals surface area (Å²) in [6.07, 6.45) is 2.13. The van der Waals surface area contributed by atoms with Crippen LogP contribution < -0.4 is 9.47 Å². The van der Waals surface area contributed by atoms with Crippen molar-refractivity contribution in [3.63, 3.8) is 0 Å². The first kappa shape index (κ1) is 14.1. The number of hydrogen-bond donors (Lipinski definition) is 0. The van der Waals surface area contributed by atoms with Gasteiger partial charge >= 0.3 is 0 Å². The van der Waals surface area contributed by atoms with Gasteiger partial charge in [-0.2, -0.15) is 21.5 Å². The Morgan fingerprint density at radius 3 is 2.96 bits per heavy atom. The Kier molecular flexibility index (Phi) is 3.12. The van der Waals surface area contributed by atoms with Crippen LogP contribution in [0.4, 0.5) is 0 Å². The van der Waals surface area contributed by atoms with E-state index in [9.17, 15) is 0 Å². The highest BCUT2D eigenvalue weighted by Crippen LogP contribution is 2.44. The summed E-state index contributed by atoms with van der Waals surface area (Å²) in [5.74, 6) is 1.42. The number of ether oxygens (including phenoxy) is 2. The van der Waals surface area contributed by atoms with E-state index in [1.54, 1.807) is 23.1 Å². The molecule has 130 valence electrons. The van der Waals surface area contributed by atoms with Gasteiger partial charge in [0.1, 0.15) is 18.1 Å². The number of rotatable bonds is 3. The van der Waals surface area contributed by atoms with Gasteiger partial charge in [-0.3, -0.25) is 4.68 Å². The van der Waals surface area contributed by atoms with E-state index in [0.717, 1.165) is 39.5 Å². The molecule has 1 aliphatic heterocycles. The second kappa shape index (κ2) is 5.74. The molecule has 0 unspecified atom stereocenters. The molecular formula is C19H16N4O2S. The summed E-state index contributed by atoms with van der Waals surface area (Å²) in [5.41, 5.74) is 5.19. The predicted molar refractivity (Wildman–Crippen MR) is 100.0 cm³/mol. The highest BCUT2D eigenvalue weighted by molar-refractivity contribution is 7.08. The summed E-state index contributed by atoms with van der Waals surface area (Å²) >= 11 is 1.60. The van der Waals surface area contributed by atoms with Gasteiger partial charge in [-0.25, -0.2) is 4.68 Å². The minimum Gasteiger partial charge on any atom is -0.496 e. The molecule has 1 aromatic carbocycles. The van der Waals surface area contributed by atoms with Gasteiger partial charge in [0.05, 0.1) is 31.7 Å². The maximum atomic E-state index is 8.26. The lowest BCUT2D eigenvalue weighted by Gasteiger charge is -2.21. The monoisotopic (exact) mass is 365 g/mol. The number of thiophene rings is 1. The van der Waals surface area contributed by atoms with Crippen LogP contribution >= 0.6 is 11.3 Å². The van der Waals surface area contributed by atoms with Crippen LogP contribution in [0.3, 0.4) is 0 Å². The molecule has 0 bridgehead atoms. The van der Waals surface area contributed by atoms with E-state index in [1.807, 2.05) is 53.0 Å². The van der Waals surface area contributed by atoms with Crippen LogP contribution in [0.1, 0.15) is 6.93 Å². The van der Waals surface area contributed by atoms with Gasteiger partial charge in [-0.1, -0.05) is 0 Å². The zero-order valence-corrected chi connectivity index (χ0v) is 15.1. The maximum Gasteiger partial charge on any atom is 0.132 e. The van der Waals surface area contributed by atoms with Crippen LogP contribution in [0.25, 0.3) is 28.2 Å². The zero-order chi connectivity index (χ0) is 18.5. The lowest BCUT2D eigenvalue weighted by Crippen LogP contribution is -2.08. The molecule has 0 spiro atoms. The highest BCUT2D eigenvalue weighted by atomic mass is 32.1. The Morgan fingerprint density at radius 2 is 2.23 bits per heavy atom. The molecule has 4 heterocycles.